The molecule has 116 valence electrons. The number of ether oxygens (including phenoxy) is 1. The van der Waals surface area contributed by atoms with Gasteiger partial charge in [0, 0.05) is 38.2 Å². The first-order valence-electron chi connectivity index (χ1n) is 7.30. The van der Waals surface area contributed by atoms with Crippen LogP contribution in [0.15, 0.2) is 24.5 Å². The number of pyridine rings is 1. The Kier molecular flexibility index (Phi) is 4.06. The third-order valence-electron chi connectivity index (χ3n) is 3.96. The van der Waals surface area contributed by atoms with Crippen LogP contribution in [0.5, 0.6) is 0 Å². The van der Waals surface area contributed by atoms with E-state index in [9.17, 15) is 0 Å². The molecule has 1 saturated heterocycles. The van der Waals surface area contributed by atoms with Crippen LogP contribution < -0.4 is 16.4 Å². The molecule has 0 saturated carbocycles. The molecule has 0 unspecified atom stereocenters. The molecule has 1 fully saturated rings. The summed E-state index contributed by atoms with van der Waals surface area (Å²) in [4.78, 5) is 14.9. The van der Waals surface area contributed by atoms with Crippen molar-refractivity contribution >= 4 is 17.6 Å². The molecule has 0 bridgehead atoms. The molecule has 22 heavy (non-hydrogen) atoms. The summed E-state index contributed by atoms with van der Waals surface area (Å²) in [7, 11) is 1.75. The van der Waals surface area contributed by atoms with Crippen LogP contribution in [0.4, 0.5) is 17.6 Å². The number of piperidine rings is 1. The molecule has 0 radical (unpaired) electrons. The summed E-state index contributed by atoms with van der Waals surface area (Å²) >= 11 is 0. The van der Waals surface area contributed by atoms with E-state index in [0.717, 1.165) is 42.9 Å². The number of methoxy groups -OCH3 is 1. The Hall–Kier alpha value is -2.41. The predicted octanol–water partition coefficient (Wildman–Crippen LogP) is 1.32. The van der Waals surface area contributed by atoms with Crippen molar-refractivity contribution in [3.05, 3.63) is 24.5 Å². The average Bonchev–Trinajstić information content (AvgIpc) is 2.55. The lowest BCUT2D eigenvalue weighted by Crippen LogP contribution is -2.37. The van der Waals surface area contributed by atoms with Gasteiger partial charge in [0.05, 0.1) is 11.7 Å². The van der Waals surface area contributed by atoms with Crippen LogP contribution in [0.2, 0.25) is 0 Å². The minimum absolute atomic E-state index is 0.189. The Morgan fingerprint density at radius 3 is 2.64 bits per heavy atom. The summed E-state index contributed by atoms with van der Waals surface area (Å²) < 4.78 is 5.42. The van der Waals surface area contributed by atoms with Crippen LogP contribution in [0.1, 0.15) is 12.8 Å². The number of aromatic nitrogens is 3. The van der Waals surface area contributed by atoms with Gasteiger partial charge in [-0.05, 0) is 18.9 Å². The summed E-state index contributed by atoms with van der Waals surface area (Å²) in [6.07, 6.45) is 5.69. The van der Waals surface area contributed by atoms with Crippen molar-refractivity contribution in [2.24, 2.45) is 0 Å². The second kappa shape index (κ2) is 6.15. The highest BCUT2D eigenvalue weighted by molar-refractivity contribution is 5.84. The lowest BCUT2D eigenvalue weighted by molar-refractivity contribution is 0.0818. The quantitative estimate of drug-likeness (QED) is 0.881. The van der Waals surface area contributed by atoms with E-state index < -0.39 is 0 Å². The van der Waals surface area contributed by atoms with E-state index in [1.807, 2.05) is 12.1 Å². The fraction of sp³-hybridized carbons (Fsp3) is 0.400. The number of nitrogens with two attached hydrogens (primary N) is 2. The molecule has 7 heteroatoms. The van der Waals surface area contributed by atoms with Gasteiger partial charge in [-0.3, -0.25) is 4.98 Å². The van der Waals surface area contributed by atoms with Gasteiger partial charge in [0.15, 0.2) is 0 Å². The van der Waals surface area contributed by atoms with Crippen LogP contribution in [0.25, 0.3) is 11.1 Å². The maximum absolute atomic E-state index is 6.10. The summed E-state index contributed by atoms with van der Waals surface area (Å²) in [5, 5.41) is 0. The molecular weight excluding hydrogens is 280 g/mol. The van der Waals surface area contributed by atoms with E-state index in [0.29, 0.717) is 11.9 Å². The monoisotopic (exact) mass is 300 g/mol. The standard InChI is InChI=1S/C15H20N6O/c1-22-11-4-7-21(8-5-11)14-12(10-3-2-6-18-9-10)13(16)19-15(17)20-14/h2-3,6,9,11H,4-5,7-8H2,1H3,(H4,16,17,19,20). The minimum Gasteiger partial charge on any atom is -0.383 e. The van der Waals surface area contributed by atoms with E-state index in [-0.39, 0.29) is 5.95 Å². The largest absolute Gasteiger partial charge is 0.383 e. The molecule has 0 aliphatic carbocycles. The summed E-state index contributed by atoms with van der Waals surface area (Å²) in [6.45, 7) is 1.70. The lowest BCUT2D eigenvalue weighted by Gasteiger charge is -2.33. The molecule has 0 aromatic carbocycles. The molecule has 0 amide bonds. The van der Waals surface area contributed by atoms with Gasteiger partial charge in [-0.1, -0.05) is 6.07 Å². The maximum Gasteiger partial charge on any atom is 0.223 e. The first-order chi connectivity index (χ1) is 10.7. The third kappa shape index (κ3) is 2.80. The van der Waals surface area contributed by atoms with Crippen molar-refractivity contribution in [2.45, 2.75) is 18.9 Å². The van der Waals surface area contributed by atoms with Crippen LogP contribution in [0.3, 0.4) is 0 Å². The molecule has 3 heterocycles. The van der Waals surface area contributed by atoms with Crippen LogP contribution in [0, 0.1) is 0 Å². The Morgan fingerprint density at radius 1 is 1.23 bits per heavy atom. The molecule has 2 aromatic heterocycles. The highest BCUT2D eigenvalue weighted by atomic mass is 16.5. The molecular formula is C15H20N6O. The molecule has 4 N–H and O–H groups in total. The van der Waals surface area contributed by atoms with Crippen molar-refractivity contribution < 1.29 is 4.74 Å². The summed E-state index contributed by atoms with van der Waals surface area (Å²) in [5.74, 6) is 1.34. The number of rotatable bonds is 3. The molecule has 3 rings (SSSR count). The van der Waals surface area contributed by atoms with Crippen LogP contribution >= 0.6 is 0 Å². The molecule has 1 aliphatic rings. The van der Waals surface area contributed by atoms with Gasteiger partial charge in [-0.15, -0.1) is 0 Å². The van der Waals surface area contributed by atoms with Crippen LogP contribution in [-0.4, -0.2) is 41.3 Å². The molecule has 1 aliphatic heterocycles. The normalized spacial score (nSPS) is 16.0. The zero-order valence-corrected chi connectivity index (χ0v) is 12.6. The summed E-state index contributed by atoms with van der Waals surface area (Å²) in [6, 6.07) is 3.82. The molecule has 0 atom stereocenters. The summed E-state index contributed by atoms with van der Waals surface area (Å²) in [5.41, 5.74) is 13.6. The smallest absolute Gasteiger partial charge is 0.223 e. The van der Waals surface area contributed by atoms with Gasteiger partial charge in [0.2, 0.25) is 5.95 Å². The van der Waals surface area contributed by atoms with Gasteiger partial charge in [-0.2, -0.15) is 9.97 Å². The van der Waals surface area contributed by atoms with E-state index >= 15 is 0 Å². The maximum atomic E-state index is 6.10. The van der Waals surface area contributed by atoms with E-state index in [1.54, 1.807) is 19.5 Å². The zero-order chi connectivity index (χ0) is 15.5. The van der Waals surface area contributed by atoms with Crippen molar-refractivity contribution in [3.63, 3.8) is 0 Å². The topological polar surface area (TPSA) is 103 Å². The van der Waals surface area contributed by atoms with Crippen molar-refractivity contribution in [2.75, 3.05) is 36.6 Å². The fourth-order valence-corrected chi connectivity index (χ4v) is 2.80. The van der Waals surface area contributed by atoms with E-state index in [1.165, 1.54) is 0 Å². The third-order valence-corrected chi connectivity index (χ3v) is 3.96. The average molecular weight is 300 g/mol. The predicted molar refractivity (Wildman–Crippen MR) is 86.3 cm³/mol. The molecule has 0 spiro atoms. The molecule has 2 aromatic rings. The van der Waals surface area contributed by atoms with Crippen LogP contribution in [-0.2, 0) is 4.74 Å². The lowest BCUT2D eigenvalue weighted by atomic mass is 10.0. The Balaban J connectivity index is 2.00. The highest BCUT2D eigenvalue weighted by Gasteiger charge is 2.24. The number of nitrogen functional groups attached to an aromatic ring is 2. The van der Waals surface area contributed by atoms with Gasteiger partial charge in [0.1, 0.15) is 11.6 Å². The molecule has 7 nitrogen and oxygen atoms in total. The van der Waals surface area contributed by atoms with Crippen molar-refractivity contribution in [1.29, 1.82) is 0 Å². The second-order valence-electron chi connectivity index (χ2n) is 5.33. The number of nitrogens with zero attached hydrogens (tertiary/aromatic N) is 4. The Bertz CT molecular complexity index is 640. The Morgan fingerprint density at radius 2 is 2.00 bits per heavy atom. The van der Waals surface area contributed by atoms with Gasteiger partial charge >= 0.3 is 0 Å². The van der Waals surface area contributed by atoms with Crippen molar-refractivity contribution in [3.8, 4) is 11.1 Å². The zero-order valence-electron chi connectivity index (χ0n) is 12.6. The number of hydrogen-bond donors (Lipinski definition) is 2. The van der Waals surface area contributed by atoms with Gasteiger partial charge < -0.3 is 21.1 Å². The second-order valence-corrected chi connectivity index (χ2v) is 5.33. The van der Waals surface area contributed by atoms with Crippen molar-refractivity contribution in [1.82, 2.24) is 15.0 Å². The first kappa shape index (κ1) is 14.5. The van der Waals surface area contributed by atoms with E-state index in [4.69, 9.17) is 16.2 Å². The van der Waals surface area contributed by atoms with Gasteiger partial charge in [0.25, 0.3) is 0 Å². The van der Waals surface area contributed by atoms with Gasteiger partial charge in [-0.25, -0.2) is 0 Å². The minimum atomic E-state index is 0.189. The first-order valence-corrected chi connectivity index (χ1v) is 7.30. The van der Waals surface area contributed by atoms with E-state index in [2.05, 4.69) is 19.9 Å². The highest BCUT2D eigenvalue weighted by Crippen LogP contribution is 2.35. The Labute approximate surface area is 129 Å². The fourth-order valence-electron chi connectivity index (χ4n) is 2.80. The number of anilines is 3. The number of hydrogen-bond acceptors (Lipinski definition) is 7. The SMILES string of the molecule is COC1CCN(c2nc(N)nc(N)c2-c2cccnc2)CC1.